The summed E-state index contributed by atoms with van der Waals surface area (Å²) in [5.74, 6) is 3.04. The Kier molecular flexibility index (Phi) is 7.43. The maximum Gasteiger partial charge on any atom is 0.231 e. The summed E-state index contributed by atoms with van der Waals surface area (Å²) in [5, 5.41) is 8.35. The van der Waals surface area contributed by atoms with Gasteiger partial charge in [-0.2, -0.15) is 5.10 Å². The molecule has 3 aromatic heterocycles. The summed E-state index contributed by atoms with van der Waals surface area (Å²) in [5.41, 5.74) is 2.68. The van der Waals surface area contributed by atoms with Gasteiger partial charge < -0.3 is 24.3 Å². The second kappa shape index (κ2) is 10.6. The molecule has 1 aromatic carbocycles. The minimum atomic E-state index is -0.289. The molecule has 0 saturated heterocycles. The molecule has 0 aliphatic rings. The van der Waals surface area contributed by atoms with E-state index in [4.69, 9.17) is 18.9 Å². The highest BCUT2D eigenvalue weighted by Crippen LogP contribution is 2.37. The minimum absolute atomic E-state index is 0.0203. The van der Waals surface area contributed by atoms with Gasteiger partial charge in [0.05, 0.1) is 56.4 Å². The van der Waals surface area contributed by atoms with Crippen molar-refractivity contribution in [2.45, 2.75) is 46.6 Å². The van der Waals surface area contributed by atoms with Crippen molar-refractivity contribution < 1.29 is 23.7 Å². The summed E-state index contributed by atoms with van der Waals surface area (Å²) < 4.78 is 24.3. The van der Waals surface area contributed by atoms with Gasteiger partial charge in [0.25, 0.3) is 0 Å². The number of rotatable bonds is 8. The number of nitrogens with zero attached hydrogens (tertiary/aromatic N) is 4. The second-order valence-electron chi connectivity index (χ2n) is 9.82. The SMILES string of the molecule is COc1cc2nccc(Oc3cnc(CC(=O)Nc4c(C)c(C)nn4C(C)(C)C)c(OC)c3)c2cc1OC. The Morgan fingerprint density at radius 2 is 1.63 bits per heavy atom. The molecular weight excluding hydrogens is 486 g/mol. The molecule has 4 rings (SSSR count). The Balaban J connectivity index is 1.57. The summed E-state index contributed by atoms with van der Waals surface area (Å²) >= 11 is 0. The molecule has 38 heavy (non-hydrogen) atoms. The van der Waals surface area contributed by atoms with E-state index in [0.717, 1.165) is 16.6 Å². The monoisotopic (exact) mass is 519 g/mol. The number of methoxy groups -OCH3 is 3. The number of nitrogens with one attached hydrogen (secondary N) is 1. The van der Waals surface area contributed by atoms with Gasteiger partial charge in [-0.1, -0.05) is 0 Å². The van der Waals surface area contributed by atoms with E-state index in [1.54, 1.807) is 44.8 Å². The highest BCUT2D eigenvalue weighted by molar-refractivity contribution is 5.92. The number of anilines is 1. The third-order valence-electron chi connectivity index (χ3n) is 6.14. The summed E-state index contributed by atoms with van der Waals surface area (Å²) in [6.45, 7) is 9.98. The number of ether oxygens (including phenoxy) is 4. The number of benzene rings is 1. The summed E-state index contributed by atoms with van der Waals surface area (Å²) in [7, 11) is 4.68. The third-order valence-corrected chi connectivity index (χ3v) is 6.14. The molecule has 10 nitrogen and oxygen atoms in total. The number of aromatic nitrogens is 4. The van der Waals surface area contributed by atoms with Crippen LogP contribution < -0.4 is 24.3 Å². The molecule has 4 aromatic rings. The van der Waals surface area contributed by atoms with Gasteiger partial charge in [0, 0.05) is 29.3 Å². The number of amides is 1. The molecule has 0 bridgehead atoms. The van der Waals surface area contributed by atoms with Gasteiger partial charge in [-0.15, -0.1) is 0 Å². The van der Waals surface area contributed by atoms with Crippen molar-refractivity contribution in [3.8, 4) is 28.7 Å². The Morgan fingerprint density at radius 3 is 2.29 bits per heavy atom. The number of hydrogen-bond acceptors (Lipinski definition) is 8. The number of hydrogen-bond donors (Lipinski definition) is 1. The number of fused-ring (bicyclic) bond motifs is 1. The Bertz CT molecular complexity index is 1490. The van der Waals surface area contributed by atoms with E-state index in [1.165, 1.54) is 7.11 Å². The average molecular weight is 520 g/mol. The van der Waals surface area contributed by atoms with Crippen LogP contribution in [0, 0.1) is 13.8 Å². The lowest BCUT2D eigenvalue weighted by molar-refractivity contribution is -0.115. The Morgan fingerprint density at radius 1 is 0.947 bits per heavy atom. The van der Waals surface area contributed by atoms with Crippen LogP contribution in [0.25, 0.3) is 10.9 Å². The molecule has 0 aliphatic carbocycles. The van der Waals surface area contributed by atoms with Gasteiger partial charge >= 0.3 is 0 Å². The lowest BCUT2D eigenvalue weighted by Crippen LogP contribution is -2.27. The van der Waals surface area contributed by atoms with E-state index in [0.29, 0.717) is 45.8 Å². The quantitative estimate of drug-likeness (QED) is 0.338. The van der Waals surface area contributed by atoms with Crippen molar-refractivity contribution in [2.24, 2.45) is 0 Å². The normalized spacial score (nSPS) is 11.4. The molecule has 1 amide bonds. The second-order valence-corrected chi connectivity index (χ2v) is 9.82. The third kappa shape index (κ3) is 5.34. The molecule has 0 aliphatic heterocycles. The molecule has 200 valence electrons. The van der Waals surface area contributed by atoms with Crippen LogP contribution in [-0.4, -0.2) is 47.0 Å². The average Bonchev–Trinajstić information content (AvgIpc) is 3.17. The van der Waals surface area contributed by atoms with E-state index in [2.05, 4.69) is 20.4 Å². The van der Waals surface area contributed by atoms with Crippen molar-refractivity contribution in [3.05, 3.63) is 53.6 Å². The van der Waals surface area contributed by atoms with Crippen LogP contribution in [0.5, 0.6) is 28.7 Å². The van der Waals surface area contributed by atoms with Gasteiger partial charge in [0.2, 0.25) is 5.91 Å². The minimum Gasteiger partial charge on any atom is -0.495 e. The lowest BCUT2D eigenvalue weighted by atomic mass is 10.1. The fraction of sp³-hybridized carbons (Fsp3) is 0.357. The zero-order valence-corrected chi connectivity index (χ0v) is 23.0. The molecule has 10 heteroatoms. The van der Waals surface area contributed by atoms with Crippen LogP contribution in [0.3, 0.4) is 0 Å². The number of carbonyl (C=O) groups excluding carboxylic acids is 1. The molecule has 3 heterocycles. The largest absolute Gasteiger partial charge is 0.495 e. The van der Waals surface area contributed by atoms with E-state index < -0.39 is 0 Å². The van der Waals surface area contributed by atoms with Gasteiger partial charge in [0.15, 0.2) is 11.5 Å². The topological polar surface area (TPSA) is 110 Å². The number of aryl methyl sites for hydroxylation is 1. The van der Waals surface area contributed by atoms with Crippen LogP contribution in [0.1, 0.15) is 37.7 Å². The first kappa shape index (κ1) is 26.7. The Hall–Kier alpha value is -4.34. The molecular formula is C28H33N5O5. The van der Waals surface area contributed by atoms with Crippen molar-refractivity contribution >= 4 is 22.6 Å². The molecule has 0 atom stereocenters. The molecule has 0 unspecified atom stereocenters. The van der Waals surface area contributed by atoms with Crippen LogP contribution in [0.4, 0.5) is 5.82 Å². The van der Waals surface area contributed by atoms with E-state index >= 15 is 0 Å². The molecule has 0 saturated carbocycles. The maximum absolute atomic E-state index is 13.0. The summed E-state index contributed by atoms with van der Waals surface area (Å²) in [4.78, 5) is 21.9. The van der Waals surface area contributed by atoms with Crippen LogP contribution in [-0.2, 0) is 16.8 Å². The van der Waals surface area contributed by atoms with Gasteiger partial charge in [-0.25, -0.2) is 4.68 Å². The van der Waals surface area contributed by atoms with Gasteiger partial charge in [-0.3, -0.25) is 14.8 Å². The number of pyridine rings is 2. The highest BCUT2D eigenvalue weighted by atomic mass is 16.5. The fourth-order valence-electron chi connectivity index (χ4n) is 4.05. The Labute approximate surface area is 221 Å². The summed E-state index contributed by atoms with van der Waals surface area (Å²) in [6.07, 6.45) is 3.23. The molecule has 1 N–H and O–H groups in total. The van der Waals surface area contributed by atoms with Crippen LogP contribution in [0.15, 0.2) is 36.7 Å². The molecule has 0 radical (unpaired) electrons. The molecule has 0 fully saturated rings. The maximum atomic E-state index is 13.0. The van der Waals surface area contributed by atoms with E-state index in [-0.39, 0.29) is 17.9 Å². The first-order chi connectivity index (χ1) is 18.0. The van der Waals surface area contributed by atoms with Crippen LogP contribution >= 0.6 is 0 Å². The zero-order valence-electron chi connectivity index (χ0n) is 23.0. The van der Waals surface area contributed by atoms with Crippen molar-refractivity contribution in [3.63, 3.8) is 0 Å². The van der Waals surface area contributed by atoms with Gasteiger partial charge in [0.1, 0.15) is 23.1 Å². The fourth-order valence-corrected chi connectivity index (χ4v) is 4.05. The van der Waals surface area contributed by atoms with Crippen molar-refractivity contribution in [1.29, 1.82) is 0 Å². The highest BCUT2D eigenvalue weighted by Gasteiger charge is 2.23. The van der Waals surface area contributed by atoms with E-state index in [9.17, 15) is 4.79 Å². The van der Waals surface area contributed by atoms with Gasteiger partial charge in [-0.05, 0) is 46.8 Å². The van der Waals surface area contributed by atoms with E-state index in [1.807, 2.05) is 45.4 Å². The smallest absolute Gasteiger partial charge is 0.231 e. The predicted molar refractivity (Wildman–Crippen MR) is 145 cm³/mol. The first-order valence-electron chi connectivity index (χ1n) is 12.1. The van der Waals surface area contributed by atoms with Crippen molar-refractivity contribution in [1.82, 2.24) is 19.7 Å². The standard InChI is InChI=1S/C28H33N5O5/c1-16-17(2)32-33(28(3,4)5)27(16)31-26(34)14-21-23(35-6)11-18(15-30-21)38-22-9-10-29-20-13-25(37-8)24(36-7)12-19(20)22/h9-13,15H,14H2,1-8H3,(H,31,34). The van der Waals surface area contributed by atoms with Crippen LogP contribution in [0.2, 0.25) is 0 Å². The summed E-state index contributed by atoms with van der Waals surface area (Å²) in [6, 6.07) is 7.06. The first-order valence-corrected chi connectivity index (χ1v) is 12.1. The predicted octanol–water partition coefficient (Wildman–Crippen LogP) is 5.20. The zero-order chi connectivity index (χ0) is 27.6. The van der Waals surface area contributed by atoms with Crippen molar-refractivity contribution in [2.75, 3.05) is 26.6 Å². The molecule has 0 spiro atoms. The number of carbonyl (C=O) groups is 1. The lowest BCUT2D eigenvalue weighted by Gasteiger charge is -2.23.